The van der Waals surface area contributed by atoms with E-state index in [9.17, 15) is 14.9 Å². The highest BCUT2D eigenvalue weighted by Gasteiger charge is 2.27. The second-order valence-electron chi connectivity index (χ2n) is 5.19. The Morgan fingerprint density at radius 3 is 2.91 bits per heavy atom. The topological polar surface area (TPSA) is 96.5 Å². The predicted molar refractivity (Wildman–Crippen MR) is 81.6 cm³/mol. The normalized spacial score (nSPS) is 18.1. The standard InChI is InChI=1S/C14H14ClN3O5/c1-22-14(19)8-6-9-12(10(7-8)18(20)21)13(15)16-17(9)11-4-2-3-5-23-11/h6-7,11H,2-5H2,1H3. The van der Waals surface area contributed by atoms with Crippen molar-refractivity contribution in [3.8, 4) is 0 Å². The molecule has 0 spiro atoms. The maximum absolute atomic E-state index is 11.8. The number of methoxy groups -OCH3 is 1. The average molecular weight is 340 g/mol. The molecule has 23 heavy (non-hydrogen) atoms. The summed E-state index contributed by atoms with van der Waals surface area (Å²) in [6, 6.07) is 2.64. The van der Waals surface area contributed by atoms with Gasteiger partial charge in [-0.2, -0.15) is 5.10 Å². The van der Waals surface area contributed by atoms with Crippen molar-refractivity contribution in [3.63, 3.8) is 0 Å². The van der Waals surface area contributed by atoms with Gasteiger partial charge in [0.2, 0.25) is 0 Å². The molecule has 0 bridgehead atoms. The van der Waals surface area contributed by atoms with Crippen LogP contribution in [0.25, 0.3) is 10.9 Å². The van der Waals surface area contributed by atoms with Gasteiger partial charge < -0.3 is 9.47 Å². The first-order valence-corrected chi connectivity index (χ1v) is 7.46. The molecule has 2 aromatic rings. The molecule has 1 unspecified atom stereocenters. The summed E-state index contributed by atoms with van der Waals surface area (Å²) in [6.45, 7) is 0.586. The molecular formula is C14H14ClN3O5. The van der Waals surface area contributed by atoms with E-state index < -0.39 is 10.9 Å². The molecule has 1 fully saturated rings. The second kappa shape index (κ2) is 6.13. The number of halogens is 1. The molecule has 1 aliphatic heterocycles. The van der Waals surface area contributed by atoms with Crippen LogP contribution in [0.5, 0.6) is 0 Å². The molecule has 1 aromatic heterocycles. The summed E-state index contributed by atoms with van der Waals surface area (Å²) in [6.07, 6.45) is 2.29. The van der Waals surface area contributed by atoms with Gasteiger partial charge in [-0.05, 0) is 25.3 Å². The quantitative estimate of drug-likeness (QED) is 0.484. The van der Waals surface area contributed by atoms with Crippen LogP contribution in [0.4, 0.5) is 5.69 Å². The summed E-state index contributed by atoms with van der Waals surface area (Å²) < 4.78 is 11.8. The first-order chi connectivity index (χ1) is 11.0. The van der Waals surface area contributed by atoms with E-state index in [1.54, 1.807) is 0 Å². The number of ether oxygens (including phenoxy) is 2. The minimum atomic E-state index is -0.663. The second-order valence-corrected chi connectivity index (χ2v) is 5.55. The van der Waals surface area contributed by atoms with Crippen molar-refractivity contribution in [2.75, 3.05) is 13.7 Å². The van der Waals surface area contributed by atoms with Crippen molar-refractivity contribution in [3.05, 3.63) is 33.0 Å². The lowest BCUT2D eigenvalue weighted by Crippen LogP contribution is -2.19. The minimum absolute atomic E-state index is 0.0114. The van der Waals surface area contributed by atoms with E-state index in [-0.39, 0.29) is 28.0 Å². The molecule has 1 aliphatic rings. The number of nitro groups is 1. The first kappa shape index (κ1) is 15.7. The third-order valence-corrected chi connectivity index (χ3v) is 4.06. The Labute approximate surface area is 136 Å². The van der Waals surface area contributed by atoms with Gasteiger partial charge in [0.15, 0.2) is 11.4 Å². The van der Waals surface area contributed by atoms with E-state index in [1.165, 1.54) is 17.9 Å². The predicted octanol–water partition coefficient (Wildman–Crippen LogP) is 3.08. The maximum Gasteiger partial charge on any atom is 0.338 e. The molecule has 0 N–H and O–H groups in total. The summed E-state index contributed by atoms with van der Waals surface area (Å²) in [5.74, 6) is -0.663. The van der Waals surface area contributed by atoms with Gasteiger partial charge >= 0.3 is 5.97 Å². The molecule has 3 rings (SSSR count). The van der Waals surface area contributed by atoms with Crippen LogP contribution in [0.3, 0.4) is 0 Å². The van der Waals surface area contributed by atoms with Crippen LogP contribution in [0, 0.1) is 10.1 Å². The van der Waals surface area contributed by atoms with Gasteiger partial charge in [-0.1, -0.05) is 11.6 Å². The maximum atomic E-state index is 11.8. The largest absolute Gasteiger partial charge is 0.465 e. The van der Waals surface area contributed by atoms with E-state index in [2.05, 4.69) is 9.84 Å². The number of hydrogen-bond acceptors (Lipinski definition) is 6. The summed E-state index contributed by atoms with van der Waals surface area (Å²) in [4.78, 5) is 22.5. The zero-order valence-corrected chi connectivity index (χ0v) is 13.1. The lowest BCUT2D eigenvalue weighted by molar-refractivity contribution is -0.383. The molecule has 0 radical (unpaired) electrons. The molecule has 0 aliphatic carbocycles. The van der Waals surface area contributed by atoms with Crippen LogP contribution in [-0.2, 0) is 9.47 Å². The Morgan fingerprint density at radius 2 is 2.30 bits per heavy atom. The minimum Gasteiger partial charge on any atom is -0.465 e. The third kappa shape index (κ3) is 2.75. The Hall–Kier alpha value is -2.19. The smallest absolute Gasteiger partial charge is 0.338 e. The fourth-order valence-electron chi connectivity index (χ4n) is 2.72. The molecule has 1 aromatic carbocycles. The van der Waals surface area contributed by atoms with Crippen molar-refractivity contribution in [2.45, 2.75) is 25.5 Å². The number of esters is 1. The van der Waals surface area contributed by atoms with E-state index in [0.717, 1.165) is 25.3 Å². The number of aromatic nitrogens is 2. The van der Waals surface area contributed by atoms with Crippen molar-refractivity contribution in [1.82, 2.24) is 9.78 Å². The van der Waals surface area contributed by atoms with Gasteiger partial charge in [-0.3, -0.25) is 10.1 Å². The number of non-ortho nitro benzene ring substituents is 1. The Morgan fingerprint density at radius 1 is 1.52 bits per heavy atom. The van der Waals surface area contributed by atoms with Gasteiger partial charge in [0.05, 0.1) is 23.1 Å². The lowest BCUT2D eigenvalue weighted by atomic mass is 10.1. The summed E-state index contributed by atoms with van der Waals surface area (Å²) >= 11 is 6.10. The Bertz CT molecular complexity index is 782. The van der Waals surface area contributed by atoms with Crippen LogP contribution < -0.4 is 0 Å². The van der Waals surface area contributed by atoms with Crippen LogP contribution in [0.2, 0.25) is 5.15 Å². The molecule has 1 saturated heterocycles. The highest BCUT2D eigenvalue weighted by molar-refractivity contribution is 6.35. The van der Waals surface area contributed by atoms with Gasteiger partial charge in [0, 0.05) is 12.7 Å². The number of benzene rings is 1. The van der Waals surface area contributed by atoms with Crippen molar-refractivity contribution < 1.29 is 19.2 Å². The Kier molecular flexibility index (Phi) is 4.18. The van der Waals surface area contributed by atoms with Crippen molar-refractivity contribution in [2.24, 2.45) is 0 Å². The van der Waals surface area contributed by atoms with Gasteiger partial charge in [-0.15, -0.1) is 0 Å². The number of fused-ring (bicyclic) bond motifs is 1. The van der Waals surface area contributed by atoms with Crippen molar-refractivity contribution >= 4 is 34.2 Å². The number of nitrogens with zero attached hydrogens (tertiary/aromatic N) is 3. The summed E-state index contributed by atoms with van der Waals surface area (Å²) in [7, 11) is 1.22. The average Bonchev–Trinajstić information content (AvgIpc) is 2.91. The van der Waals surface area contributed by atoms with Gasteiger partial charge in [0.1, 0.15) is 5.39 Å². The first-order valence-electron chi connectivity index (χ1n) is 7.09. The number of rotatable bonds is 3. The molecule has 2 heterocycles. The molecule has 1 atom stereocenters. The molecule has 122 valence electrons. The molecule has 0 amide bonds. The number of hydrogen-bond donors (Lipinski definition) is 0. The fourth-order valence-corrected chi connectivity index (χ4v) is 2.99. The zero-order valence-electron chi connectivity index (χ0n) is 12.3. The van der Waals surface area contributed by atoms with Crippen LogP contribution in [-0.4, -0.2) is 34.4 Å². The highest BCUT2D eigenvalue weighted by atomic mass is 35.5. The van der Waals surface area contributed by atoms with Gasteiger partial charge in [-0.25, -0.2) is 9.48 Å². The third-order valence-electron chi connectivity index (χ3n) is 3.79. The number of carbonyl (C=O) groups is 1. The zero-order chi connectivity index (χ0) is 16.6. The lowest BCUT2D eigenvalue weighted by Gasteiger charge is -2.23. The molecule has 8 nitrogen and oxygen atoms in total. The summed E-state index contributed by atoms with van der Waals surface area (Å²) in [5.41, 5.74) is 0.173. The van der Waals surface area contributed by atoms with E-state index in [4.69, 9.17) is 16.3 Å². The molecular weight excluding hydrogens is 326 g/mol. The number of carbonyl (C=O) groups excluding carboxylic acids is 1. The van der Waals surface area contributed by atoms with E-state index in [1.807, 2.05) is 0 Å². The molecule has 9 heteroatoms. The van der Waals surface area contributed by atoms with Crippen LogP contribution in [0.15, 0.2) is 12.1 Å². The van der Waals surface area contributed by atoms with Crippen molar-refractivity contribution in [1.29, 1.82) is 0 Å². The Balaban J connectivity index is 2.24. The van der Waals surface area contributed by atoms with E-state index in [0.29, 0.717) is 12.1 Å². The SMILES string of the molecule is COC(=O)c1cc([N+](=O)[O-])c2c(Cl)nn(C3CCCCO3)c2c1. The van der Waals surface area contributed by atoms with Crippen LogP contribution >= 0.6 is 11.6 Å². The molecule has 0 saturated carbocycles. The summed E-state index contributed by atoms with van der Waals surface area (Å²) in [5, 5.41) is 15.7. The highest BCUT2D eigenvalue weighted by Crippen LogP contribution is 2.36. The van der Waals surface area contributed by atoms with E-state index >= 15 is 0 Å². The monoisotopic (exact) mass is 339 g/mol. The fraction of sp³-hybridized carbons (Fsp3) is 0.429. The van der Waals surface area contributed by atoms with Gasteiger partial charge in [0.25, 0.3) is 5.69 Å². The number of nitro benzene ring substituents is 1. The van der Waals surface area contributed by atoms with Crippen LogP contribution in [0.1, 0.15) is 35.8 Å².